The molecule has 0 aliphatic rings. The molecule has 2 aromatic carbocycles. The molecule has 4 aromatic rings. The summed E-state index contributed by atoms with van der Waals surface area (Å²) in [7, 11) is 0. The van der Waals surface area contributed by atoms with E-state index in [1.807, 2.05) is 75.4 Å². The number of carbonyl (C=O) groups excluding carboxylic acids is 1. The number of nitrogens with one attached hydrogen (secondary N) is 1. The van der Waals surface area contributed by atoms with Gasteiger partial charge in [-0.05, 0) is 67.7 Å². The van der Waals surface area contributed by atoms with Crippen molar-refractivity contribution in [3.05, 3.63) is 111 Å². The second-order valence-electron chi connectivity index (χ2n) is 8.48. The van der Waals surface area contributed by atoms with Gasteiger partial charge in [-0.2, -0.15) is 10.2 Å². The zero-order chi connectivity index (χ0) is 25.7. The van der Waals surface area contributed by atoms with Crippen molar-refractivity contribution in [1.82, 2.24) is 14.7 Å². The number of ether oxygens (including phenoxy) is 1. The molecule has 0 fully saturated rings. The van der Waals surface area contributed by atoms with Crippen molar-refractivity contribution in [2.24, 2.45) is 0 Å². The highest BCUT2D eigenvalue weighted by Crippen LogP contribution is 2.28. The lowest BCUT2D eigenvalue weighted by atomic mass is 10.1. The van der Waals surface area contributed by atoms with Gasteiger partial charge in [-0.15, -0.1) is 0 Å². The molecule has 0 saturated carbocycles. The minimum atomic E-state index is -0.570. The second-order valence-corrected chi connectivity index (χ2v) is 8.48. The number of carbonyl (C=O) groups is 1. The molecule has 0 atom stereocenters. The van der Waals surface area contributed by atoms with E-state index < -0.39 is 11.5 Å². The standard InChI is InChI=1S/C29H26N4O3/c1-19-9-7-13-25(21(19)3)36-28-24(29(35)33-16-8-10-20(2)26(33)32-28)17-23(18-30)27(34)31-15-14-22-11-5-4-6-12-22/h4-13,16-17H,14-15H2,1-3H3,(H,31,34)/b23-17+. The largest absolute Gasteiger partial charge is 0.438 e. The molecule has 1 amide bonds. The smallest absolute Gasteiger partial charge is 0.269 e. The summed E-state index contributed by atoms with van der Waals surface area (Å²) in [6.07, 6.45) is 3.47. The Hall–Kier alpha value is -4.70. The van der Waals surface area contributed by atoms with E-state index in [2.05, 4.69) is 10.3 Å². The van der Waals surface area contributed by atoms with E-state index in [1.165, 1.54) is 10.5 Å². The molecule has 0 aliphatic heterocycles. The Morgan fingerprint density at radius 2 is 1.81 bits per heavy atom. The van der Waals surface area contributed by atoms with Crippen LogP contribution in [0.15, 0.2) is 77.2 Å². The summed E-state index contributed by atoms with van der Waals surface area (Å²) in [4.78, 5) is 30.9. The molecule has 0 radical (unpaired) electrons. The van der Waals surface area contributed by atoms with Gasteiger partial charge in [0.1, 0.15) is 28.6 Å². The molecule has 2 heterocycles. The molecule has 1 N–H and O–H groups in total. The number of aryl methyl sites for hydroxylation is 2. The van der Waals surface area contributed by atoms with E-state index in [1.54, 1.807) is 18.3 Å². The molecule has 0 aliphatic carbocycles. The van der Waals surface area contributed by atoms with Crippen LogP contribution in [-0.4, -0.2) is 21.8 Å². The first kappa shape index (κ1) is 24.4. The fourth-order valence-corrected chi connectivity index (χ4v) is 3.79. The predicted molar refractivity (Wildman–Crippen MR) is 139 cm³/mol. The highest BCUT2D eigenvalue weighted by Gasteiger charge is 2.18. The van der Waals surface area contributed by atoms with Crippen molar-refractivity contribution in [2.45, 2.75) is 27.2 Å². The van der Waals surface area contributed by atoms with Gasteiger partial charge in [0, 0.05) is 12.7 Å². The van der Waals surface area contributed by atoms with Crippen LogP contribution in [0.5, 0.6) is 11.6 Å². The van der Waals surface area contributed by atoms with Crippen LogP contribution in [0.25, 0.3) is 11.7 Å². The molecular weight excluding hydrogens is 452 g/mol. The number of nitriles is 1. The number of benzene rings is 2. The van der Waals surface area contributed by atoms with Crippen molar-refractivity contribution in [1.29, 1.82) is 5.26 Å². The Labute approximate surface area is 209 Å². The first-order valence-electron chi connectivity index (χ1n) is 11.6. The topological polar surface area (TPSA) is 96.5 Å². The average molecular weight is 479 g/mol. The van der Waals surface area contributed by atoms with Crippen LogP contribution in [0.1, 0.15) is 27.8 Å². The molecule has 4 rings (SSSR count). The second kappa shape index (κ2) is 10.7. The highest BCUT2D eigenvalue weighted by atomic mass is 16.5. The molecule has 0 unspecified atom stereocenters. The van der Waals surface area contributed by atoms with Gasteiger partial charge in [-0.3, -0.25) is 14.0 Å². The lowest BCUT2D eigenvalue weighted by Gasteiger charge is -2.14. The molecule has 7 nitrogen and oxygen atoms in total. The Balaban J connectivity index is 1.73. The molecule has 0 bridgehead atoms. The lowest BCUT2D eigenvalue weighted by molar-refractivity contribution is -0.117. The summed E-state index contributed by atoms with van der Waals surface area (Å²) >= 11 is 0. The lowest BCUT2D eigenvalue weighted by Crippen LogP contribution is -2.27. The Kier molecular flexibility index (Phi) is 7.26. The maximum Gasteiger partial charge on any atom is 0.269 e. The summed E-state index contributed by atoms with van der Waals surface area (Å²) < 4.78 is 7.51. The van der Waals surface area contributed by atoms with Gasteiger partial charge >= 0.3 is 0 Å². The van der Waals surface area contributed by atoms with E-state index >= 15 is 0 Å². The molecular formula is C29H26N4O3. The number of rotatable bonds is 7. The summed E-state index contributed by atoms with van der Waals surface area (Å²) in [5.41, 5.74) is 3.59. The van der Waals surface area contributed by atoms with E-state index in [0.29, 0.717) is 24.4 Å². The van der Waals surface area contributed by atoms with Gasteiger partial charge in [-0.25, -0.2) is 0 Å². The fraction of sp³-hybridized carbons (Fsp3) is 0.172. The molecule has 180 valence electrons. The number of amides is 1. The van der Waals surface area contributed by atoms with Gasteiger partial charge in [0.15, 0.2) is 0 Å². The summed E-state index contributed by atoms with van der Waals surface area (Å²) in [6, 6.07) is 20.8. The third-order valence-electron chi connectivity index (χ3n) is 6.01. The number of nitrogens with zero attached hydrogens (tertiary/aromatic N) is 3. The van der Waals surface area contributed by atoms with Gasteiger partial charge < -0.3 is 10.1 Å². The number of fused-ring (bicyclic) bond motifs is 1. The van der Waals surface area contributed by atoms with Crippen LogP contribution in [0, 0.1) is 32.1 Å². The molecule has 0 spiro atoms. The van der Waals surface area contributed by atoms with Crippen LogP contribution < -0.4 is 15.6 Å². The van der Waals surface area contributed by atoms with Crippen LogP contribution in [0.4, 0.5) is 0 Å². The van der Waals surface area contributed by atoms with E-state index in [9.17, 15) is 14.9 Å². The van der Waals surface area contributed by atoms with Gasteiger partial charge in [0.05, 0.1) is 0 Å². The van der Waals surface area contributed by atoms with Crippen LogP contribution in [0.2, 0.25) is 0 Å². The first-order valence-corrected chi connectivity index (χ1v) is 11.6. The maximum atomic E-state index is 13.5. The predicted octanol–water partition coefficient (Wildman–Crippen LogP) is 4.68. The molecule has 0 saturated heterocycles. The third kappa shape index (κ3) is 5.18. The van der Waals surface area contributed by atoms with Crippen LogP contribution in [-0.2, 0) is 11.2 Å². The minimum Gasteiger partial charge on any atom is -0.438 e. The molecule has 7 heteroatoms. The van der Waals surface area contributed by atoms with Crippen molar-refractivity contribution < 1.29 is 9.53 Å². The summed E-state index contributed by atoms with van der Waals surface area (Å²) in [6.45, 7) is 6.07. The Bertz CT molecular complexity index is 1560. The highest BCUT2D eigenvalue weighted by molar-refractivity contribution is 6.01. The van der Waals surface area contributed by atoms with E-state index in [-0.39, 0.29) is 17.0 Å². The maximum absolute atomic E-state index is 13.5. The van der Waals surface area contributed by atoms with Crippen molar-refractivity contribution in [2.75, 3.05) is 6.54 Å². The SMILES string of the molecule is Cc1cccc(Oc2nc3c(C)cccn3c(=O)c2/C=C(\C#N)C(=O)NCCc2ccccc2)c1C. The van der Waals surface area contributed by atoms with E-state index in [0.717, 1.165) is 22.3 Å². The van der Waals surface area contributed by atoms with Gasteiger partial charge in [0.2, 0.25) is 5.88 Å². The molecule has 2 aromatic heterocycles. The van der Waals surface area contributed by atoms with Crippen molar-refractivity contribution >= 4 is 17.6 Å². The van der Waals surface area contributed by atoms with Crippen molar-refractivity contribution in [3.63, 3.8) is 0 Å². The monoisotopic (exact) mass is 478 g/mol. The number of pyridine rings is 1. The average Bonchev–Trinajstić information content (AvgIpc) is 2.88. The number of hydrogen-bond acceptors (Lipinski definition) is 5. The normalized spacial score (nSPS) is 11.2. The van der Waals surface area contributed by atoms with E-state index in [4.69, 9.17) is 4.74 Å². The zero-order valence-electron chi connectivity index (χ0n) is 20.4. The minimum absolute atomic E-state index is 0.0220. The first-order chi connectivity index (χ1) is 17.4. The zero-order valence-corrected chi connectivity index (χ0v) is 20.4. The van der Waals surface area contributed by atoms with Gasteiger partial charge in [-0.1, -0.05) is 48.5 Å². The Morgan fingerprint density at radius 3 is 2.56 bits per heavy atom. The number of aromatic nitrogens is 2. The fourth-order valence-electron chi connectivity index (χ4n) is 3.79. The summed E-state index contributed by atoms with van der Waals surface area (Å²) in [5.74, 6) is 0.00740. The van der Waals surface area contributed by atoms with Crippen LogP contribution in [0.3, 0.4) is 0 Å². The van der Waals surface area contributed by atoms with Gasteiger partial charge in [0.25, 0.3) is 11.5 Å². The molecule has 36 heavy (non-hydrogen) atoms. The third-order valence-corrected chi connectivity index (χ3v) is 6.01. The number of hydrogen-bond donors (Lipinski definition) is 1. The van der Waals surface area contributed by atoms with Crippen molar-refractivity contribution in [3.8, 4) is 17.7 Å². The quantitative estimate of drug-likeness (QED) is 0.307. The summed E-state index contributed by atoms with van der Waals surface area (Å²) in [5, 5.41) is 12.5. The Morgan fingerprint density at radius 1 is 1.06 bits per heavy atom. The van der Waals surface area contributed by atoms with Crippen LogP contribution >= 0.6 is 0 Å².